The summed E-state index contributed by atoms with van der Waals surface area (Å²) in [6.07, 6.45) is 1.78. The predicted octanol–water partition coefficient (Wildman–Crippen LogP) is 4.12. The third-order valence-corrected chi connectivity index (χ3v) is 3.77. The highest BCUT2D eigenvalue weighted by Crippen LogP contribution is 2.40. The number of hydrogen-bond donors (Lipinski definition) is 1. The summed E-state index contributed by atoms with van der Waals surface area (Å²) in [6, 6.07) is 11.3. The van der Waals surface area contributed by atoms with Gasteiger partial charge in [0.15, 0.2) is 0 Å². The van der Waals surface area contributed by atoms with Crippen molar-refractivity contribution in [1.82, 2.24) is 0 Å². The molecule has 0 bridgehead atoms. The van der Waals surface area contributed by atoms with Crippen molar-refractivity contribution in [3.8, 4) is 0 Å². The molecule has 104 valence electrons. The van der Waals surface area contributed by atoms with Crippen LogP contribution in [0.1, 0.15) is 41.6 Å². The summed E-state index contributed by atoms with van der Waals surface area (Å²) in [5, 5.41) is 10.2. The van der Waals surface area contributed by atoms with Crippen LogP contribution in [-0.4, -0.2) is 5.11 Å². The van der Waals surface area contributed by atoms with E-state index in [1.807, 2.05) is 18.2 Å². The Balaban J connectivity index is 1.78. The molecule has 1 unspecified atom stereocenters. The second-order valence-electron chi connectivity index (χ2n) is 5.40. The van der Waals surface area contributed by atoms with E-state index in [0.717, 1.165) is 11.6 Å². The lowest BCUT2D eigenvalue weighted by Gasteiger charge is -2.13. The fourth-order valence-electron chi connectivity index (χ4n) is 2.45. The molecule has 3 heteroatoms. The zero-order valence-corrected chi connectivity index (χ0v) is 11.0. The molecule has 0 aliphatic heterocycles. The fourth-order valence-corrected chi connectivity index (χ4v) is 2.45. The Morgan fingerprint density at radius 3 is 2.60 bits per heavy atom. The van der Waals surface area contributed by atoms with E-state index in [1.54, 1.807) is 0 Å². The molecule has 1 N–H and O–H groups in total. The summed E-state index contributed by atoms with van der Waals surface area (Å²) in [4.78, 5) is 0. The van der Waals surface area contributed by atoms with Gasteiger partial charge in [-0.3, -0.25) is 0 Å². The molecule has 0 radical (unpaired) electrons. The maximum atomic E-state index is 13.6. The third kappa shape index (κ3) is 2.88. The monoisotopic (exact) mass is 274 g/mol. The number of aliphatic hydroxyl groups is 1. The van der Waals surface area contributed by atoms with Gasteiger partial charge < -0.3 is 5.11 Å². The van der Waals surface area contributed by atoms with Crippen molar-refractivity contribution >= 4 is 0 Å². The highest BCUT2D eigenvalue weighted by molar-refractivity contribution is 5.31. The first-order chi connectivity index (χ1) is 9.63. The summed E-state index contributed by atoms with van der Waals surface area (Å²) >= 11 is 0. The second kappa shape index (κ2) is 5.33. The Labute approximate surface area is 116 Å². The molecule has 0 aromatic heterocycles. The minimum Gasteiger partial charge on any atom is -0.388 e. The molecule has 20 heavy (non-hydrogen) atoms. The first kappa shape index (κ1) is 13.3. The summed E-state index contributed by atoms with van der Waals surface area (Å²) in [5.41, 5.74) is 2.36. The van der Waals surface area contributed by atoms with Gasteiger partial charge in [0.25, 0.3) is 0 Å². The van der Waals surface area contributed by atoms with E-state index in [1.165, 1.54) is 30.5 Å². The van der Waals surface area contributed by atoms with Gasteiger partial charge in [0.05, 0.1) is 6.10 Å². The Morgan fingerprint density at radius 2 is 1.90 bits per heavy atom. The Kier molecular flexibility index (Phi) is 3.53. The van der Waals surface area contributed by atoms with Crippen molar-refractivity contribution in [2.75, 3.05) is 0 Å². The standard InChI is InChI=1S/C17H16F2O/c18-15-7-6-13(16(19)10-15)9-17(20)14-3-1-2-12(8-14)11-4-5-11/h1-3,6-8,10-11,17,20H,4-5,9H2. The van der Waals surface area contributed by atoms with Gasteiger partial charge in [0.1, 0.15) is 11.6 Å². The normalized spacial score (nSPS) is 16.1. The van der Waals surface area contributed by atoms with Crippen LogP contribution in [0.2, 0.25) is 0 Å². The Hall–Kier alpha value is -1.74. The Morgan fingerprint density at radius 1 is 1.10 bits per heavy atom. The molecule has 1 aliphatic rings. The molecule has 1 atom stereocenters. The van der Waals surface area contributed by atoms with Gasteiger partial charge in [0.2, 0.25) is 0 Å². The SMILES string of the molecule is OC(Cc1ccc(F)cc1F)c1cccc(C2CC2)c1. The van der Waals surface area contributed by atoms with E-state index in [2.05, 4.69) is 6.07 Å². The zero-order valence-electron chi connectivity index (χ0n) is 11.0. The molecular formula is C17H16F2O. The summed E-state index contributed by atoms with van der Waals surface area (Å²) in [5.74, 6) is -0.594. The summed E-state index contributed by atoms with van der Waals surface area (Å²) in [6.45, 7) is 0. The van der Waals surface area contributed by atoms with E-state index in [9.17, 15) is 13.9 Å². The summed E-state index contributed by atoms with van der Waals surface area (Å²) in [7, 11) is 0. The van der Waals surface area contributed by atoms with E-state index >= 15 is 0 Å². The van der Waals surface area contributed by atoms with Crippen LogP contribution in [0.4, 0.5) is 8.78 Å². The molecule has 2 aromatic rings. The quantitative estimate of drug-likeness (QED) is 0.889. The smallest absolute Gasteiger partial charge is 0.129 e. The van der Waals surface area contributed by atoms with Gasteiger partial charge in [-0.2, -0.15) is 0 Å². The maximum absolute atomic E-state index is 13.6. The average molecular weight is 274 g/mol. The lowest BCUT2D eigenvalue weighted by atomic mass is 9.98. The molecular weight excluding hydrogens is 258 g/mol. The van der Waals surface area contributed by atoms with E-state index in [4.69, 9.17) is 0 Å². The molecule has 0 amide bonds. The topological polar surface area (TPSA) is 20.2 Å². The highest BCUT2D eigenvalue weighted by Gasteiger charge is 2.24. The average Bonchev–Trinajstić information content (AvgIpc) is 3.26. The van der Waals surface area contributed by atoms with Crippen molar-refractivity contribution in [3.05, 3.63) is 70.8 Å². The van der Waals surface area contributed by atoms with Crippen LogP contribution < -0.4 is 0 Å². The van der Waals surface area contributed by atoms with Crippen molar-refractivity contribution in [2.24, 2.45) is 0 Å². The molecule has 0 spiro atoms. The minimum atomic E-state index is -0.770. The minimum absolute atomic E-state index is 0.153. The van der Waals surface area contributed by atoms with E-state index in [-0.39, 0.29) is 6.42 Å². The zero-order chi connectivity index (χ0) is 14.1. The molecule has 1 saturated carbocycles. The Bertz CT molecular complexity index is 620. The van der Waals surface area contributed by atoms with Gasteiger partial charge in [-0.1, -0.05) is 30.3 Å². The van der Waals surface area contributed by atoms with Crippen molar-refractivity contribution in [2.45, 2.75) is 31.3 Å². The van der Waals surface area contributed by atoms with Gasteiger partial charge in [0, 0.05) is 12.5 Å². The largest absolute Gasteiger partial charge is 0.388 e. The van der Waals surface area contributed by atoms with Gasteiger partial charge in [-0.05, 0) is 41.5 Å². The lowest BCUT2D eigenvalue weighted by Crippen LogP contribution is -2.04. The molecule has 3 rings (SSSR count). The number of aliphatic hydroxyl groups excluding tert-OH is 1. The summed E-state index contributed by atoms with van der Waals surface area (Å²) < 4.78 is 26.4. The molecule has 1 nitrogen and oxygen atoms in total. The van der Waals surface area contributed by atoms with Crippen molar-refractivity contribution in [3.63, 3.8) is 0 Å². The molecule has 2 aromatic carbocycles. The van der Waals surface area contributed by atoms with Crippen LogP contribution in [0.15, 0.2) is 42.5 Å². The van der Waals surface area contributed by atoms with Crippen LogP contribution in [0, 0.1) is 11.6 Å². The third-order valence-electron chi connectivity index (χ3n) is 3.77. The number of benzene rings is 2. The van der Waals surface area contributed by atoms with Crippen LogP contribution in [0.3, 0.4) is 0 Å². The number of rotatable bonds is 4. The van der Waals surface area contributed by atoms with Crippen LogP contribution in [0.5, 0.6) is 0 Å². The fraction of sp³-hybridized carbons (Fsp3) is 0.294. The molecule has 1 fully saturated rings. The molecule has 0 saturated heterocycles. The van der Waals surface area contributed by atoms with Gasteiger partial charge in [-0.25, -0.2) is 8.78 Å². The first-order valence-corrected chi connectivity index (χ1v) is 6.85. The molecule has 0 heterocycles. The van der Waals surface area contributed by atoms with Crippen LogP contribution in [0.25, 0.3) is 0 Å². The maximum Gasteiger partial charge on any atom is 0.129 e. The van der Waals surface area contributed by atoms with E-state index < -0.39 is 17.7 Å². The van der Waals surface area contributed by atoms with Crippen LogP contribution in [-0.2, 0) is 6.42 Å². The highest BCUT2D eigenvalue weighted by atomic mass is 19.1. The van der Waals surface area contributed by atoms with Crippen LogP contribution >= 0.6 is 0 Å². The van der Waals surface area contributed by atoms with Gasteiger partial charge in [-0.15, -0.1) is 0 Å². The van der Waals surface area contributed by atoms with Crippen molar-refractivity contribution < 1.29 is 13.9 Å². The molecule has 1 aliphatic carbocycles. The lowest BCUT2D eigenvalue weighted by molar-refractivity contribution is 0.177. The number of hydrogen-bond acceptors (Lipinski definition) is 1. The predicted molar refractivity (Wildman–Crippen MR) is 73.4 cm³/mol. The number of halogens is 2. The van der Waals surface area contributed by atoms with Gasteiger partial charge >= 0.3 is 0 Å². The second-order valence-corrected chi connectivity index (χ2v) is 5.40. The van der Waals surface area contributed by atoms with Crippen molar-refractivity contribution in [1.29, 1.82) is 0 Å². The first-order valence-electron chi connectivity index (χ1n) is 6.85. The van der Waals surface area contributed by atoms with E-state index in [0.29, 0.717) is 11.5 Å².